The molecule has 0 saturated carbocycles. The van der Waals surface area contributed by atoms with Crippen LogP contribution in [-0.2, 0) is 17.6 Å². The molecule has 5 nitrogen and oxygen atoms in total. The van der Waals surface area contributed by atoms with E-state index < -0.39 is 0 Å². The Kier molecular flexibility index (Phi) is 4.19. The number of carbonyl (C=O) groups is 1. The molecule has 0 spiro atoms. The maximum Gasteiger partial charge on any atom is 0.346 e. The largest absolute Gasteiger partial charge is 0.352 e. The van der Waals surface area contributed by atoms with Crippen LogP contribution in [0.3, 0.4) is 0 Å². The molecule has 1 aromatic heterocycles. The number of fused-ring (bicyclic) bond motifs is 1. The van der Waals surface area contributed by atoms with Gasteiger partial charge < -0.3 is 10.3 Å². The van der Waals surface area contributed by atoms with Crippen molar-refractivity contribution < 1.29 is 4.79 Å². The minimum Gasteiger partial charge on any atom is -0.352 e. The first kappa shape index (κ1) is 12.9. The lowest BCUT2D eigenvalue weighted by Crippen LogP contribution is -2.25. The van der Waals surface area contributed by atoms with Crippen LogP contribution in [-0.4, -0.2) is 28.2 Å². The maximum atomic E-state index is 11.5. The fourth-order valence-corrected chi connectivity index (χ4v) is 2.84. The number of H-pyrrole nitrogens is 1. The summed E-state index contributed by atoms with van der Waals surface area (Å²) >= 11 is 1.32. The molecule has 1 amide bonds. The molecule has 0 saturated heterocycles. The molecular formula is C12H15N3O2S. The zero-order valence-electron chi connectivity index (χ0n) is 9.99. The van der Waals surface area contributed by atoms with Crippen molar-refractivity contribution >= 4 is 17.7 Å². The van der Waals surface area contributed by atoms with E-state index in [0.29, 0.717) is 11.6 Å². The van der Waals surface area contributed by atoms with Gasteiger partial charge in [-0.25, -0.2) is 4.79 Å². The van der Waals surface area contributed by atoms with Gasteiger partial charge in [0, 0.05) is 17.8 Å². The molecule has 0 aliphatic heterocycles. The van der Waals surface area contributed by atoms with Gasteiger partial charge in [0.05, 0.1) is 5.75 Å². The molecule has 1 aliphatic rings. The number of aryl methyl sites for hydroxylation is 1. The Balaban J connectivity index is 2.04. The zero-order valence-corrected chi connectivity index (χ0v) is 10.8. The predicted octanol–water partition coefficient (Wildman–Crippen LogP) is 0.653. The van der Waals surface area contributed by atoms with E-state index in [0.717, 1.165) is 30.5 Å². The normalized spacial score (nSPS) is 13.1. The second-order valence-electron chi connectivity index (χ2n) is 4.04. The Labute approximate surface area is 109 Å². The molecule has 6 heteroatoms. The summed E-state index contributed by atoms with van der Waals surface area (Å²) in [5.41, 5.74) is 1.74. The summed E-state index contributed by atoms with van der Waals surface area (Å²) in [5.74, 6) is 0.199. The number of nitrogens with one attached hydrogen (secondary N) is 2. The molecule has 2 N–H and O–H groups in total. The van der Waals surface area contributed by atoms with Crippen molar-refractivity contribution in [2.24, 2.45) is 0 Å². The first-order valence-corrected chi connectivity index (χ1v) is 6.81. The molecule has 96 valence electrons. The minimum absolute atomic E-state index is 0.0753. The quantitative estimate of drug-likeness (QED) is 0.466. The molecule has 2 rings (SSSR count). The Bertz CT molecular complexity index is 525. The van der Waals surface area contributed by atoms with Crippen molar-refractivity contribution in [2.45, 2.75) is 24.3 Å². The highest BCUT2D eigenvalue weighted by Gasteiger charge is 2.18. The molecule has 0 aromatic carbocycles. The molecular weight excluding hydrogens is 250 g/mol. The monoisotopic (exact) mass is 265 g/mol. The van der Waals surface area contributed by atoms with Gasteiger partial charge in [-0.1, -0.05) is 17.8 Å². The smallest absolute Gasteiger partial charge is 0.346 e. The van der Waals surface area contributed by atoms with E-state index in [-0.39, 0.29) is 17.3 Å². The second kappa shape index (κ2) is 5.86. The number of hydrogen-bond acceptors (Lipinski definition) is 4. The Morgan fingerprint density at radius 2 is 2.39 bits per heavy atom. The number of aromatic nitrogens is 2. The van der Waals surface area contributed by atoms with Crippen LogP contribution in [0, 0.1) is 0 Å². The predicted molar refractivity (Wildman–Crippen MR) is 70.8 cm³/mol. The summed E-state index contributed by atoms with van der Waals surface area (Å²) in [5, 5.41) is 3.39. The molecule has 0 atom stereocenters. The molecule has 18 heavy (non-hydrogen) atoms. The molecule has 0 radical (unpaired) electrons. The van der Waals surface area contributed by atoms with Gasteiger partial charge in [0.15, 0.2) is 0 Å². The van der Waals surface area contributed by atoms with Gasteiger partial charge in [0.25, 0.3) is 0 Å². The van der Waals surface area contributed by atoms with Gasteiger partial charge >= 0.3 is 5.69 Å². The van der Waals surface area contributed by atoms with Crippen molar-refractivity contribution in [1.29, 1.82) is 0 Å². The molecule has 1 heterocycles. The van der Waals surface area contributed by atoms with Gasteiger partial charge in [0.1, 0.15) is 5.03 Å². The van der Waals surface area contributed by atoms with Gasteiger partial charge in [-0.2, -0.15) is 4.98 Å². The zero-order chi connectivity index (χ0) is 13.0. The van der Waals surface area contributed by atoms with Crippen molar-refractivity contribution in [2.75, 3.05) is 12.3 Å². The lowest BCUT2D eigenvalue weighted by molar-refractivity contribution is -0.118. The van der Waals surface area contributed by atoms with Crippen LogP contribution in [0.15, 0.2) is 22.5 Å². The summed E-state index contributed by atoms with van der Waals surface area (Å²) in [6.45, 7) is 3.99. The molecule has 0 unspecified atom stereocenters. The molecule has 1 aliphatic carbocycles. The summed E-state index contributed by atoms with van der Waals surface area (Å²) in [7, 11) is 0. The van der Waals surface area contributed by atoms with E-state index in [1.54, 1.807) is 6.08 Å². The van der Waals surface area contributed by atoms with Crippen LogP contribution >= 0.6 is 11.8 Å². The average molecular weight is 265 g/mol. The topological polar surface area (TPSA) is 74.8 Å². The van der Waals surface area contributed by atoms with Gasteiger partial charge in [-0.3, -0.25) is 4.79 Å². The summed E-state index contributed by atoms with van der Waals surface area (Å²) in [6.07, 6.45) is 4.48. The standard InChI is InChI=1S/C12H15N3O2S/c1-2-6-13-10(16)7-18-11-8-4-3-5-9(8)14-12(17)15-11/h2H,1,3-7H2,(H,13,16)(H,14,15,17). The van der Waals surface area contributed by atoms with Crippen molar-refractivity contribution in [3.05, 3.63) is 34.4 Å². The van der Waals surface area contributed by atoms with E-state index >= 15 is 0 Å². The van der Waals surface area contributed by atoms with Crippen LogP contribution in [0.1, 0.15) is 17.7 Å². The number of amides is 1. The third kappa shape index (κ3) is 3.01. The highest BCUT2D eigenvalue weighted by molar-refractivity contribution is 7.99. The van der Waals surface area contributed by atoms with E-state index in [1.807, 2.05) is 0 Å². The van der Waals surface area contributed by atoms with Crippen LogP contribution < -0.4 is 11.0 Å². The van der Waals surface area contributed by atoms with Gasteiger partial charge in [-0.15, -0.1) is 6.58 Å². The van der Waals surface area contributed by atoms with Crippen LogP contribution in [0.2, 0.25) is 0 Å². The number of nitrogens with zero attached hydrogens (tertiary/aromatic N) is 1. The van der Waals surface area contributed by atoms with Crippen LogP contribution in [0.5, 0.6) is 0 Å². The lowest BCUT2D eigenvalue weighted by Gasteiger charge is -2.06. The molecule has 1 aromatic rings. The van der Waals surface area contributed by atoms with Crippen LogP contribution in [0.4, 0.5) is 0 Å². The van der Waals surface area contributed by atoms with E-state index in [4.69, 9.17) is 0 Å². The number of aromatic amines is 1. The van der Waals surface area contributed by atoms with Crippen molar-refractivity contribution in [1.82, 2.24) is 15.3 Å². The Morgan fingerprint density at radius 3 is 3.17 bits per heavy atom. The maximum absolute atomic E-state index is 11.5. The lowest BCUT2D eigenvalue weighted by atomic mass is 10.3. The first-order chi connectivity index (χ1) is 8.70. The highest BCUT2D eigenvalue weighted by Crippen LogP contribution is 2.27. The number of rotatable bonds is 5. The SMILES string of the molecule is C=CCNC(=O)CSc1nc(=O)[nH]c2c1CCC2. The van der Waals surface area contributed by atoms with Crippen LogP contribution in [0.25, 0.3) is 0 Å². The molecule has 0 bridgehead atoms. The van der Waals surface area contributed by atoms with Gasteiger partial charge in [-0.05, 0) is 19.3 Å². The summed E-state index contributed by atoms with van der Waals surface area (Å²) in [4.78, 5) is 29.5. The highest BCUT2D eigenvalue weighted by atomic mass is 32.2. The minimum atomic E-state index is -0.329. The summed E-state index contributed by atoms with van der Waals surface area (Å²) in [6, 6.07) is 0. The summed E-state index contributed by atoms with van der Waals surface area (Å²) < 4.78 is 0. The first-order valence-electron chi connectivity index (χ1n) is 5.83. The van der Waals surface area contributed by atoms with Crippen molar-refractivity contribution in [3.63, 3.8) is 0 Å². The third-order valence-corrected chi connectivity index (χ3v) is 3.74. The third-order valence-electron chi connectivity index (χ3n) is 2.72. The second-order valence-corrected chi connectivity index (χ2v) is 5.00. The van der Waals surface area contributed by atoms with E-state index in [2.05, 4.69) is 21.9 Å². The number of thioether (sulfide) groups is 1. The fraction of sp³-hybridized carbons (Fsp3) is 0.417. The number of carbonyl (C=O) groups excluding carboxylic acids is 1. The van der Waals surface area contributed by atoms with Crippen molar-refractivity contribution in [3.8, 4) is 0 Å². The molecule has 0 fully saturated rings. The number of hydrogen-bond donors (Lipinski definition) is 2. The average Bonchev–Trinajstić information content (AvgIpc) is 2.81. The fourth-order valence-electron chi connectivity index (χ4n) is 1.92. The van der Waals surface area contributed by atoms with E-state index in [9.17, 15) is 9.59 Å². The van der Waals surface area contributed by atoms with E-state index in [1.165, 1.54) is 11.8 Å². The van der Waals surface area contributed by atoms with Gasteiger partial charge in [0.2, 0.25) is 5.91 Å². The Morgan fingerprint density at radius 1 is 1.56 bits per heavy atom. The Hall–Kier alpha value is -1.56.